The van der Waals surface area contributed by atoms with Crippen LogP contribution in [0.1, 0.15) is 29.5 Å². The fraction of sp³-hybridized carbons (Fsp3) is 0.533. The number of aliphatic carboxylic acids is 1. The first-order chi connectivity index (χ1) is 9.54. The van der Waals surface area contributed by atoms with E-state index in [1.807, 2.05) is 0 Å². The summed E-state index contributed by atoms with van der Waals surface area (Å²) < 4.78 is 1.15. The molecule has 2 aliphatic heterocycles. The second-order valence-corrected chi connectivity index (χ2v) is 6.79. The molecule has 2 saturated heterocycles. The molecule has 0 amide bonds. The number of carboxylic acid groups (broad SMARTS) is 1. The van der Waals surface area contributed by atoms with Gasteiger partial charge < -0.3 is 15.3 Å². The van der Waals surface area contributed by atoms with Gasteiger partial charge in [0.15, 0.2) is 0 Å². The zero-order valence-electron chi connectivity index (χ0n) is 11.5. The maximum Gasteiger partial charge on any atom is 0.307 e. The Morgan fingerprint density at radius 3 is 2.75 bits per heavy atom. The van der Waals surface area contributed by atoms with Crippen LogP contribution in [0.2, 0.25) is 0 Å². The summed E-state index contributed by atoms with van der Waals surface area (Å²) in [6, 6.07) is 6.63. The van der Waals surface area contributed by atoms with E-state index in [-0.39, 0.29) is 12.0 Å². The van der Waals surface area contributed by atoms with Crippen LogP contribution in [0.25, 0.3) is 0 Å². The second-order valence-electron chi connectivity index (χ2n) is 5.93. The quantitative estimate of drug-likeness (QED) is 0.887. The summed E-state index contributed by atoms with van der Waals surface area (Å²) in [5.41, 5.74) is 2.54. The molecule has 0 bridgehead atoms. The number of hydrogen-bond acceptors (Lipinski definition) is 3. The number of nitrogens with one attached hydrogen (secondary N) is 1. The van der Waals surface area contributed by atoms with Crippen LogP contribution in [0.3, 0.4) is 0 Å². The Hall–Kier alpha value is -0.910. The normalized spacial score (nSPS) is 27.5. The van der Waals surface area contributed by atoms with Crippen LogP contribution in [0, 0.1) is 5.92 Å². The van der Waals surface area contributed by atoms with Crippen molar-refractivity contribution in [3.63, 3.8) is 0 Å². The van der Waals surface area contributed by atoms with Crippen molar-refractivity contribution in [2.75, 3.05) is 26.7 Å². The smallest absolute Gasteiger partial charge is 0.307 e. The molecule has 0 aliphatic carbocycles. The molecule has 20 heavy (non-hydrogen) atoms. The van der Waals surface area contributed by atoms with E-state index in [1.54, 1.807) is 0 Å². The highest BCUT2D eigenvalue weighted by molar-refractivity contribution is 9.10. The molecule has 0 saturated carbocycles. The molecule has 1 aromatic rings. The standard InChI is InChI=1S/C15H19BrN2O2/c1-18-7-11(8-18)12-3-2-9(4-13(12)16)14-5-10(6-17-14)15(19)20/h2-4,10-11,14,17H,5-8H2,1H3,(H,19,20). The van der Waals surface area contributed by atoms with Crippen LogP contribution in [-0.4, -0.2) is 42.7 Å². The van der Waals surface area contributed by atoms with Gasteiger partial charge in [0.2, 0.25) is 0 Å². The van der Waals surface area contributed by atoms with Gasteiger partial charge in [-0.15, -0.1) is 0 Å². The third-order valence-corrected chi connectivity index (χ3v) is 5.10. The molecule has 2 fully saturated rings. The molecule has 2 unspecified atom stereocenters. The molecule has 4 nitrogen and oxygen atoms in total. The molecule has 108 valence electrons. The molecule has 0 aromatic heterocycles. The molecule has 2 aliphatic rings. The number of halogens is 1. The molecule has 1 aromatic carbocycles. The van der Waals surface area contributed by atoms with E-state index in [1.165, 1.54) is 11.1 Å². The first kappa shape index (κ1) is 14.0. The van der Waals surface area contributed by atoms with Crippen LogP contribution in [-0.2, 0) is 4.79 Å². The summed E-state index contributed by atoms with van der Waals surface area (Å²) in [7, 11) is 2.13. The number of carboxylic acids is 1. The van der Waals surface area contributed by atoms with Gasteiger partial charge in [-0.1, -0.05) is 28.1 Å². The topological polar surface area (TPSA) is 52.6 Å². The Kier molecular flexibility index (Phi) is 3.84. The Balaban J connectivity index is 1.73. The number of benzene rings is 1. The average molecular weight is 339 g/mol. The molecule has 0 spiro atoms. The Bertz CT molecular complexity index is 529. The Labute approximate surface area is 127 Å². The van der Waals surface area contributed by atoms with Crippen molar-refractivity contribution >= 4 is 21.9 Å². The van der Waals surface area contributed by atoms with Gasteiger partial charge in [-0.25, -0.2) is 0 Å². The van der Waals surface area contributed by atoms with E-state index in [4.69, 9.17) is 5.11 Å². The maximum atomic E-state index is 11.0. The Morgan fingerprint density at radius 2 is 2.20 bits per heavy atom. The van der Waals surface area contributed by atoms with Crippen molar-refractivity contribution in [1.29, 1.82) is 0 Å². The van der Waals surface area contributed by atoms with Crippen molar-refractivity contribution in [1.82, 2.24) is 10.2 Å². The van der Waals surface area contributed by atoms with Gasteiger partial charge in [0, 0.05) is 36.1 Å². The van der Waals surface area contributed by atoms with Gasteiger partial charge in [0.1, 0.15) is 0 Å². The number of nitrogens with zero attached hydrogens (tertiary/aromatic N) is 1. The second kappa shape index (κ2) is 5.47. The summed E-state index contributed by atoms with van der Waals surface area (Å²) >= 11 is 3.67. The monoisotopic (exact) mass is 338 g/mol. The zero-order valence-corrected chi connectivity index (χ0v) is 13.1. The minimum Gasteiger partial charge on any atom is -0.481 e. The Morgan fingerprint density at radius 1 is 1.45 bits per heavy atom. The molecule has 5 heteroatoms. The number of hydrogen-bond donors (Lipinski definition) is 2. The van der Waals surface area contributed by atoms with Crippen molar-refractivity contribution in [2.24, 2.45) is 5.92 Å². The van der Waals surface area contributed by atoms with Gasteiger partial charge in [-0.3, -0.25) is 4.79 Å². The number of likely N-dealkylation sites (tertiary alicyclic amines) is 1. The SMILES string of the molecule is CN1CC(c2ccc(C3CC(C(=O)O)CN3)cc2Br)C1. The minimum absolute atomic E-state index is 0.158. The van der Waals surface area contributed by atoms with Gasteiger partial charge in [-0.2, -0.15) is 0 Å². The molecule has 2 N–H and O–H groups in total. The van der Waals surface area contributed by atoms with Crippen LogP contribution in [0.5, 0.6) is 0 Å². The van der Waals surface area contributed by atoms with Gasteiger partial charge in [0.25, 0.3) is 0 Å². The summed E-state index contributed by atoms with van der Waals surface area (Å²) in [6.45, 7) is 2.79. The van der Waals surface area contributed by atoms with E-state index >= 15 is 0 Å². The zero-order chi connectivity index (χ0) is 14.3. The van der Waals surface area contributed by atoms with Crippen LogP contribution in [0.15, 0.2) is 22.7 Å². The van der Waals surface area contributed by atoms with Crippen LogP contribution in [0.4, 0.5) is 0 Å². The van der Waals surface area contributed by atoms with E-state index in [0.29, 0.717) is 18.9 Å². The third-order valence-electron chi connectivity index (χ3n) is 4.41. The van der Waals surface area contributed by atoms with E-state index < -0.39 is 5.97 Å². The van der Waals surface area contributed by atoms with Crippen molar-refractivity contribution in [3.8, 4) is 0 Å². The summed E-state index contributed by atoms with van der Waals surface area (Å²) in [5, 5.41) is 12.4. The van der Waals surface area contributed by atoms with E-state index in [2.05, 4.69) is 51.4 Å². The molecular formula is C15H19BrN2O2. The highest BCUT2D eigenvalue weighted by atomic mass is 79.9. The number of rotatable bonds is 3. The van der Waals surface area contributed by atoms with Crippen LogP contribution < -0.4 is 5.32 Å². The number of carbonyl (C=O) groups is 1. The first-order valence-corrected chi connectivity index (χ1v) is 7.78. The van der Waals surface area contributed by atoms with Crippen molar-refractivity contribution < 1.29 is 9.90 Å². The first-order valence-electron chi connectivity index (χ1n) is 6.98. The van der Waals surface area contributed by atoms with E-state index in [0.717, 1.165) is 17.6 Å². The predicted molar refractivity (Wildman–Crippen MR) is 80.9 cm³/mol. The third kappa shape index (κ3) is 2.62. The summed E-state index contributed by atoms with van der Waals surface area (Å²) in [6.07, 6.45) is 0.674. The minimum atomic E-state index is -0.701. The molecule has 2 heterocycles. The average Bonchev–Trinajstić information content (AvgIpc) is 2.85. The summed E-state index contributed by atoms with van der Waals surface area (Å²) in [4.78, 5) is 13.3. The molecule has 3 rings (SSSR count). The lowest BCUT2D eigenvalue weighted by Crippen LogP contribution is -2.41. The van der Waals surface area contributed by atoms with Gasteiger partial charge >= 0.3 is 5.97 Å². The summed E-state index contributed by atoms with van der Waals surface area (Å²) in [5.74, 6) is -0.348. The lowest BCUT2D eigenvalue weighted by atomic mass is 9.90. The van der Waals surface area contributed by atoms with Crippen molar-refractivity contribution in [2.45, 2.75) is 18.4 Å². The highest BCUT2D eigenvalue weighted by Crippen LogP contribution is 2.35. The van der Waals surface area contributed by atoms with Gasteiger partial charge in [0.05, 0.1) is 5.92 Å². The molecular weight excluding hydrogens is 320 g/mol. The fourth-order valence-corrected chi connectivity index (χ4v) is 3.88. The lowest BCUT2D eigenvalue weighted by molar-refractivity contribution is -0.141. The van der Waals surface area contributed by atoms with E-state index in [9.17, 15) is 4.79 Å². The lowest BCUT2D eigenvalue weighted by Gasteiger charge is -2.37. The predicted octanol–water partition coefficient (Wildman–Crippen LogP) is 2.21. The van der Waals surface area contributed by atoms with Crippen LogP contribution >= 0.6 is 15.9 Å². The van der Waals surface area contributed by atoms with Crippen molar-refractivity contribution in [3.05, 3.63) is 33.8 Å². The highest BCUT2D eigenvalue weighted by Gasteiger charge is 2.31. The largest absolute Gasteiger partial charge is 0.481 e. The number of likely N-dealkylation sites (N-methyl/N-ethyl adjacent to an activating group) is 1. The molecule has 2 atom stereocenters. The fourth-order valence-electron chi connectivity index (χ4n) is 3.16. The van der Waals surface area contributed by atoms with Gasteiger partial charge in [-0.05, 0) is 30.7 Å². The molecule has 0 radical (unpaired) electrons. The maximum absolute atomic E-state index is 11.0.